The van der Waals surface area contributed by atoms with E-state index in [9.17, 15) is 0 Å². The molecule has 1 radical (unpaired) electrons. The van der Waals surface area contributed by atoms with E-state index in [4.69, 9.17) is 0 Å². The van der Waals surface area contributed by atoms with Crippen LogP contribution in [0.5, 0.6) is 0 Å². The van der Waals surface area contributed by atoms with Crippen molar-refractivity contribution < 1.29 is 0 Å². The molecule has 1 atom stereocenters. The van der Waals surface area contributed by atoms with Crippen molar-refractivity contribution in [1.82, 2.24) is 4.90 Å². The van der Waals surface area contributed by atoms with Crippen molar-refractivity contribution in [3.05, 3.63) is 28.3 Å². The highest BCUT2D eigenvalue weighted by atomic mass is 15.1. The third-order valence-electron chi connectivity index (χ3n) is 4.40. The normalized spacial score (nSPS) is 20.8. The molecule has 0 N–H and O–H groups in total. The standard InChI is InChI=1S/C17H30N/c1-8-13-14(9-2)16(11-4)17(15(13)10-3)12(5)18(6)7/h15H,8-11H2,1-7H3. The van der Waals surface area contributed by atoms with Gasteiger partial charge in [-0.05, 0) is 63.4 Å². The Morgan fingerprint density at radius 3 is 1.83 bits per heavy atom. The Bertz CT molecular complexity index is 347. The molecule has 0 amide bonds. The summed E-state index contributed by atoms with van der Waals surface area (Å²) < 4.78 is 0. The molecule has 0 aromatic rings. The Balaban J connectivity index is 3.29. The highest BCUT2D eigenvalue weighted by Crippen LogP contribution is 2.47. The van der Waals surface area contributed by atoms with E-state index >= 15 is 0 Å². The molecule has 0 fully saturated rings. The van der Waals surface area contributed by atoms with Crippen molar-refractivity contribution in [2.75, 3.05) is 14.1 Å². The van der Waals surface area contributed by atoms with Gasteiger partial charge in [0, 0.05) is 5.92 Å². The molecular weight excluding hydrogens is 218 g/mol. The monoisotopic (exact) mass is 248 g/mol. The summed E-state index contributed by atoms with van der Waals surface area (Å²) in [5, 5.41) is 0. The Hall–Kier alpha value is -0.560. The molecule has 1 heteroatoms. The van der Waals surface area contributed by atoms with Gasteiger partial charge in [-0.1, -0.05) is 33.3 Å². The minimum atomic E-state index is 0.669. The lowest BCUT2D eigenvalue weighted by Crippen LogP contribution is -2.22. The van der Waals surface area contributed by atoms with Gasteiger partial charge in [-0.25, -0.2) is 0 Å². The second-order valence-electron chi connectivity index (χ2n) is 5.40. The molecule has 1 aliphatic rings. The second kappa shape index (κ2) is 6.56. The number of allylic oxidation sites excluding steroid dienone is 3. The fraction of sp³-hybridized carbons (Fsp3) is 0.706. The van der Waals surface area contributed by atoms with Gasteiger partial charge in [0.25, 0.3) is 0 Å². The van der Waals surface area contributed by atoms with Crippen molar-refractivity contribution in [2.45, 2.75) is 60.3 Å². The van der Waals surface area contributed by atoms with Gasteiger partial charge in [0.05, 0.1) is 6.04 Å². The first-order valence-corrected chi connectivity index (χ1v) is 7.49. The summed E-state index contributed by atoms with van der Waals surface area (Å²) in [6.07, 6.45) is 4.79. The molecule has 0 bridgehead atoms. The maximum Gasteiger partial charge on any atom is 0.0620 e. The highest BCUT2D eigenvalue weighted by molar-refractivity contribution is 5.54. The predicted octanol–water partition coefficient (Wildman–Crippen LogP) is 4.96. The van der Waals surface area contributed by atoms with Crippen molar-refractivity contribution in [3.63, 3.8) is 0 Å². The molecule has 103 valence electrons. The molecule has 1 aliphatic carbocycles. The van der Waals surface area contributed by atoms with Crippen LogP contribution in [0.15, 0.2) is 22.3 Å². The van der Waals surface area contributed by atoms with Gasteiger partial charge in [0.15, 0.2) is 0 Å². The summed E-state index contributed by atoms with van der Waals surface area (Å²) in [5.41, 5.74) is 6.61. The SMILES string of the molecule is CCC1=C(CC)C(CC)C([C](C)N(C)C)=C1CC. The van der Waals surface area contributed by atoms with Gasteiger partial charge < -0.3 is 0 Å². The lowest BCUT2D eigenvalue weighted by molar-refractivity contribution is 0.425. The Morgan fingerprint density at radius 2 is 1.50 bits per heavy atom. The van der Waals surface area contributed by atoms with E-state index in [2.05, 4.69) is 53.6 Å². The van der Waals surface area contributed by atoms with Crippen LogP contribution >= 0.6 is 0 Å². The molecule has 0 saturated heterocycles. The molecule has 0 saturated carbocycles. The summed E-state index contributed by atoms with van der Waals surface area (Å²) in [4.78, 5) is 2.28. The van der Waals surface area contributed by atoms with Crippen molar-refractivity contribution in [2.24, 2.45) is 5.92 Å². The van der Waals surface area contributed by atoms with E-state index < -0.39 is 0 Å². The molecule has 0 aromatic heterocycles. The summed E-state index contributed by atoms with van der Waals surface area (Å²) in [7, 11) is 4.33. The third kappa shape index (κ3) is 2.56. The molecule has 0 heterocycles. The average molecular weight is 248 g/mol. The first-order chi connectivity index (χ1) is 8.53. The molecule has 18 heavy (non-hydrogen) atoms. The zero-order chi connectivity index (χ0) is 13.9. The van der Waals surface area contributed by atoms with Crippen LogP contribution in [-0.4, -0.2) is 19.0 Å². The van der Waals surface area contributed by atoms with Gasteiger partial charge in [-0.2, -0.15) is 0 Å². The molecule has 1 unspecified atom stereocenters. The lowest BCUT2D eigenvalue weighted by atomic mass is 9.86. The van der Waals surface area contributed by atoms with Crippen LogP contribution in [-0.2, 0) is 0 Å². The fourth-order valence-electron chi connectivity index (χ4n) is 3.42. The number of hydrogen-bond acceptors (Lipinski definition) is 1. The average Bonchev–Trinajstić information content (AvgIpc) is 2.69. The van der Waals surface area contributed by atoms with Crippen LogP contribution in [0.4, 0.5) is 0 Å². The van der Waals surface area contributed by atoms with Gasteiger partial charge >= 0.3 is 0 Å². The van der Waals surface area contributed by atoms with E-state index in [1.807, 2.05) is 0 Å². The van der Waals surface area contributed by atoms with E-state index in [-0.39, 0.29) is 0 Å². The molecule has 1 rings (SSSR count). The van der Waals surface area contributed by atoms with E-state index in [0.29, 0.717) is 5.92 Å². The summed E-state index contributed by atoms with van der Waals surface area (Å²) >= 11 is 0. The fourth-order valence-corrected chi connectivity index (χ4v) is 3.42. The molecule has 0 spiro atoms. The molecular formula is C17H30N. The van der Waals surface area contributed by atoms with Gasteiger partial charge in [0.2, 0.25) is 0 Å². The van der Waals surface area contributed by atoms with Crippen LogP contribution in [0.2, 0.25) is 0 Å². The van der Waals surface area contributed by atoms with Crippen molar-refractivity contribution in [1.29, 1.82) is 0 Å². The minimum absolute atomic E-state index is 0.669. The van der Waals surface area contributed by atoms with Crippen LogP contribution < -0.4 is 0 Å². The summed E-state index contributed by atoms with van der Waals surface area (Å²) in [6, 6.07) is 1.45. The first-order valence-electron chi connectivity index (χ1n) is 7.49. The van der Waals surface area contributed by atoms with Crippen LogP contribution in [0.1, 0.15) is 60.3 Å². The van der Waals surface area contributed by atoms with E-state index in [1.165, 1.54) is 31.7 Å². The quantitative estimate of drug-likeness (QED) is 0.642. The van der Waals surface area contributed by atoms with E-state index in [0.717, 1.165) is 0 Å². The number of nitrogens with zero attached hydrogens (tertiary/aromatic N) is 1. The lowest BCUT2D eigenvalue weighted by Gasteiger charge is -2.27. The van der Waals surface area contributed by atoms with Crippen molar-refractivity contribution >= 4 is 0 Å². The largest absolute Gasteiger partial charge is 0.298 e. The van der Waals surface area contributed by atoms with Crippen molar-refractivity contribution in [3.8, 4) is 0 Å². The van der Waals surface area contributed by atoms with Crippen LogP contribution in [0, 0.1) is 12.0 Å². The maximum absolute atomic E-state index is 2.33. The topological polar surface area (TPSA) is 3.24 Å². The molecule has 0 aromatic carbocycles. The van der Waals surface area contributed by atoms with Crippen LogP contribution in [0.3, 0.4) is 0 Å². The maximum atomic E-state index is 2.33. The zero-order valence-electron chi connectivity index (χ0n) is 13.4. The Labute approximate surface area is 114 Å². The number of rotatable bonds is 6. The summed E-state index contributed by atoms with van der Waals surface area (Å²) in [6.45, 7) is 11.5. The van der Waals surface area contributed by atoms with Gasteiger partial charge in [0.1, 0.15) is 0 Å². The minimum Gasteiger partial charge on any atom is -0.298 e. The summed E-state index contributed by atoms with van der Waals surface area (Å²) in [5.74, 6) is 0.669. The van der Waals surface area contributed by atoms with E-state index in [1.54, 1.807) is 22.3 Å². The zero-order valence-corrected chi connectivity index (χ0v) is 13.4. The molecule has 1 nitrogen and oxygen atoms in total. The smallest absolute Gasteiger partial charge is 0.0620 e. The Kier molecular flexibility index (Phi) is 5.65. The predicted molar refractivity (Wildman–Crippen MR) is 81.3 cm³/mol. The molecule has 0 aliphatic heterocycles. The Morgan fingerprint density at radius 1 is 0.944 bits per heavy atom. The van der Waals surface area contributed by atoms with Gasteiger partial charge in [-0.15, -0.1) is 0 Å². The number of likely N-dealkylation sites (N-methyl/N-ethyl adjacent to an activating group) is 1. The first kappa shape index (κ1) is 15.5. The third-order valence-corrected chi connectivity index (χ3v) is 4.40. The van der Waals surface area contributed by atoms with Gasteiger partial charge in [-0.3, -0.25) is 4.90 Å². The highest BCUT2D eigenvalue weighted by Gasteiger charge is 2.33. The van der Waals surface area contributed by atoms with Crippen LogP contribution in [0.25, 0.3) is 0 Å². The second-order valence-corrected chi connectivity index (χ2v) is 5.40. The number of hydrogen-bond donors (Lipinski definition) is 0.